The highest BCUT2D eigenvalue weighted by atomic mass is 16.5. The lowest BCUT2D eigenvalue weighted by Gasteiger charge is -2.24. The summed E-state index contributed by atoms with van der Waals surface area (Å²) in [4.78, 5) is 23.8. The molecule has 0 heterocycles. The molecule has 4 heteroatoms. The minimum Gasteiger partial charge on any atom is -0.496 e. The molecule has 2 aliphatic carbocycles. The molecule has 0 radical (unpaired) electrons. The minimum atomic E-state index is -1.16. The quantitative estimate of drug-likeness (QED) is 0.256. The number of carbonyl (C=O) groups is 2. The normalized spacial score (nSPS) is 18.4. The SMILES string of the molecule is C=CCCCC.C=Cc1cc2c(cc1OC)C1=CC(=O)C(C(=O)O)=CC1C[C@@H](C(C)C)C2.CC. The molecule has 0 spiro atoms. The fraction of sp³-hybridized carbons (Fsp3) is 0.467. The van der Waals surface area contributed by atoms with Gasteiger partial charge in [0.1, 0.15) is 11.3 Å². The van der Waals surface area contributed by atoms with Crippen LogP contribution in [-0.4, -0.2) is 24.0 Å². The Morgan fingerprint density at radius 1 is 1.26 bits per heavy atom. The Labute approximate surface area is 206 Å². The second-order valence-electron chi connectivity index (χ2n) is 8.79. The van der Waals surface area contributed by atoms with E-state index in [2.05, 4.69) is 40.0 Å². The van der Waals surface area contributed by atoms with E-state index in [-0.39, 0.29) is 11.5 Å². The number of allylic oxidation sites excluding steroid dienone is 4. The first-order chi connectivity index (χ1) is 16.3. The van der Waals surface area contributed by atoms with Crippen molar-refractivity contribution in [3.05, 3.63) is 65.8 Å². The van der Waals surface area contributed by atoms with Crippen LogP contribution in [0.5, 0.6) is 5.75 Å². The summed E-state index contributed by atoms with van der Waals surface area (Å²) in [6.45, 7) is 18.0. The number of hydrogen-bond donors (Lipinski definition) is 1. The van der Waals surface area contributed by atoms with Crippen molar-refractivity contribution in [1.29, 1.82) is 0 Å². The molecule has 0 bridgehead atoms. The second-order valence-corrected chi connectivity index (χ2v) is 8.79. The molecular weight excluding hydrogens is 424 g/mol. The number of benzene rings is 1. The topological polar surface area (TPSA) is 63.6 Å². The number of carboxylic acid groups (broad SMARTS) is 1. The van der Waals surface area contributed by atoms with Gasteiger partial charge in [-0.25, -0.2) is 4.79 Å². The Hall–Kier alpha value is -2.88. The molecule has 3 rings (SSSR count). The van der Waals surface area contributed by atoms with Gasteiger partial charge in [-0.05, 0) is 66.0 Å². The van der Waals surface area contributed by atoms with Gasteiger partial charge in [0.2, 0.25) is 0 Å². The van der Waals surface area contributed by atoms with E-state index in [1.807, 2.05) is 26.0 Å². The van der Waals surface area contributed by atoms with E-state index in [0.717, 1.165) is 35.1 Å². The maximum Gasteiger partial charge on any atom is 0.339 e. The van der Waals surface area contributed by atoms with Gasteiger partial charge in [-0.1, -0.05) is 72.3 Å². The lowest BCUT2D eigenvalue weighted by atomic mass is 9.79. The van der Waals surface area contributed by atoms with Crippen molar-refractivity contribution in [1.82, 2.24) is 0 Å². The lowest BCUT2D eigenvalue weighted by Crippen LogP contribution is -2.20. The molecule has 2 atom stereocenters. The first kappa shape index (κ1) is 29.2. The van der Waals surface area contributed by atoms with Gasteiger partial charge in [-0.15, -0.1) is 6.58 Å². The molecule has 2 aliphatic rings. The fourth-order valence-corrected chi connectivity index (χ4v) is 4.31. The second kappa shape index (κ2) is 14.4. The van der Waals surface area contributed by atoms with Crippen LogP contribution in [0.25, 0.3) is 11.6 Å². The van der Waals surface area contributed by atoms with Crippen molar-refractivity contribution < 1.29 is 19.4 Å². The van der Waals surface area contributed by atoms with Crippen molar-refractivity contribution in [2.75, 3.05) is 7.11 Å². The Morgan fingerprint density at radius 3 is 2.41 bits per heavy atom. The van der Waals surface area contributed by atoms with Crippen LogP contribution in [0.4, 0.5) is 0 Å². The number of unbranched alkanes of at least 4 members (excludes halogenated alkanes) is 2. The number of methoxy groups -OCH3 is 1. The number of carbonyl (C=O) groups excluding carboxylic acids is 1. The average molecular weight is 467 g/mol. The Balaban J connectivity index is 0.000000631. The Kier molecular flexibility index (Phi) is 12.3. The van der Waals surface area contributed by atoms with E-state index in [4.69, 9.17) is 4.74 Å². The molecule has 34 heavy (non-hydrogen) atoms. The van der Waals surface area contributed by atoms with E-state index in [9.17, 15) is 14.7 Å². The van der Waals surface area contributed by atoms with Crippen molar-refractivity contribution in [3.8, 4) is 5.75 Å². The zero-order valence-electron chi connectivity index (χ0n) is 21.8. The predicted octanol–water partition coefficient (Wildman–Crippen LogP) is 7.54. The number of ketones is 1. The van der Waals surface area contributed by atoms with Crippen molar-refractivity contribution in [3.63, 3.8) is 0 Å². The van der Waals surface area contributed by atoms with Crippen LogP contribution in [0.2, 0.25) is 0 Å². The average Bonchev–Trinajstić information content (AvgIpc) is 2.99. The van der Waals surface area contributed by atoms with E-state index in [1.54, 1.807) is 19.3 Å². The number of hydrogen-bond acceptors (Lipinski definition) is 3. The molecule has 0 amide bonds. The zero-order chi connectivity index (χ0) is 25.8. The summed E-state index contributed by atoms with van der Waals surface area (Å²) in [5.41, 5.74) is 3.84. The summed E-state index contributed by atoms with van der Waals surface area (Å²) >= 11 is 0. The highest BCUT2D eigenvalue weighted by Crippen LogP contribution is 2.44. The lowest BCUT2D eigenvalue weighted by molar-refractivity contribution is -0.134. The van der Waals surface area contributed by atoms with Crippen LogP contribution < -0.4 is 4.74 Å². The first-order valence-electron chi connectivity index (χ1n) is 12.4. The molecule has 0 aliphatic heterocycles. The molecular formula is C30H42O4. The van der Waals surface area contributed by atoms with Crippen molar-refractivity contribution in [2.24, 2.45) is 17.8 Å². The molecule has 4 nitrogen and oxygen atoms in total. The molecule has 0 aromatic heterocycles. The number of ether oxygens (including phenoxy) is 1. The summed E-state index contributed by atoms with van der Waals surface area (Å²) in [5, 5.41) is 9.34. The van der Waals surface area contributed by atoms with Crippen molar-refractivity contribution >= 4 is 23.4 Å². The van der Waals surface area contributed by atoms with Crippen LogP contribution >= 0.6 is 0 Å². The van der Waals surface area contributed by atoms with Gasteiger partial charge in [0, 0.05) is 11.5 Å². The van der Waals surface area contributed by atoms with E-state index in [0.29, 0.717) is 17.6 Å². The predicted molar refractivity (Wildman–Crippen MR) is 143 cm³/mol. The van der Waals surface area contributed by atoms with Crippen LogP contribution in [0, 0.1) is 17.8 Å². The van der Waals surface area contributed by atoms with Gasteiger partial charge in [-0.2, -0.15) is 0 Å². The Bertz CT molecular complexity index is 933. The molecule has 0 fully saturated rings. The van der Waals surface area contributed by atoms with E-state index >= 15 is 0 Å². The van der Waals surface area contributed by atoms with Gasteiger partial charge in [0.15, 0.2) is 5.78 Å². The van der Waals surface area contributed by atoms with Gasteiger partial charge in [-0.3, -0.25) is 4.79 Å². The molecule has 0 saturated heterocycles. The van der Waals surface area contributed by atoms with Gasteiger partial charge in [0.05, 0.1) is 7.11 Å². The molecule has 1 aromatic carbocycles. The van der Waals surface area contributed by atoms with Crippen LogP contribution in [0.1, 0.15) is 77.0 Å². The monoisotopic (exact) mass is 466 g/mol. The number of carboxylic acids is 1. The van der Waals surface area contributed by atoms with Gasteiger partial charge >= 0.3 is 5.97 Å². The highest BCUT2D eigenvalue weighted by Gasteiger charge is 2.33. The summed E-state index contributed by atoms with van der Waals surface area (Å²) in [7, 11) is 1.61. The van der Waals surface area contributed by atoms with Gasteiger partial charge < -0.3 is 9.84 Å². The maximum absolute atomic E-state index is 12.3. The summed E-state index contributed by atoms with van der Waals surface area (Å²) < 4.78 is 5.49. The van der Waals surface area contributed by atoms with E-state index in [1.165, 1.54) is 25.3 Å². The fourth-order valence-electron chi connectivity index (χ4n) is 4.31. The van der Waals surface area contributed by atoms with Crippen LogP contribution in [-0.2, 0) is 16.0 Å². The third-order valence-electron chi connectivity index (χ3n) is 6.28. The molecule has 0 saturated carbocycles. The molecule has 1 unspecified atom stereocenters. The molecule has 1 aromatic rings. The largest absolute Gasteiger partial charge is 0.496 e. The zero-order valence-corrected chi connectivity index (χ0v) is 21.8. The molecule has 1 N–H and O–H groups in total. The third kappa shape index (κ3) is 7.31. The molecule has 186 valence electrons. The first-order valence-corrected chi connectivity index (χ1v) is 12.4. The summed E-state index contributed by atoms with van der Waals surface area (Å²) in [5.74, 6) is -0.112. The standard InChI is InChI=1S/C22H24O4.C6H12.C2H6/c1-5-13-6-15-7-14(12(2)3)8-16-9-19(22(24)25)20(23)10-17(16)18(15)11-21(13)26-4;1-3-5-6-4-2;1-2/h5-6,9-12,14,16H,1,7-8H2,2-4H3,(H,24,25);3H,1,4-6H2,2H3;1-2H3/t14-,16?;;/m0../s1. The smallest absolute Gasteiger partial charge is 0.339 e. The number of fused-ring (bicyclic) bond motifs is 3. The van der Waals surface area contributed by atoms with Crippen LogP contribution in [0.3, 0.4) is 0 Å². The number of aliphatic carboxylic acids is 1. The minimum absolute atomic E-state index is 0.0771. The Morgan fingerprint density at radius 2 is 1.94 bits per heavy atom. The summed E-state index contributed by atoms with van der Waals surface area (Å²) in [6, 6.07) is 4.04. The maximum atomic E-state index is 12.3. The third-order valence-corrected chi connectivity index (χ3v) is 6.28. The van der Waals surface area contributed by atoms with Gasteiger partial charge in [0.25, 0.3) is 0 Å². The summed E-state index contributed by atoms with van der Waals surface area (Å²) in [6.07, 6.45) is 12.3. The number of rotatable bonds is 7. The van der Waals surface area contributed by atoms with Crippen molar-refractivity contribution in [2.45, 2.75) is 66.7 Å². The highest BCUT2D eigenvalue weighted by molar-refractivity contribution is 6.24. The van der Waals surface area contributed by atoms with E-state index < -0.39 is 11.8 Å². The van der Waals surface area contributed by atoms with Crippen LogP contribution in [0.15, 0.2) is 49.1 Å².